The average Bonchev–Trinajstić information content (AvgIpc) is 2.48. The van der Waals surface area contributed by atoms with Crippen LogP contribution in [0.2, 0.25) is 5.15 Å². The third-order valence-corrected chi connectivity index (χ3v) is 2.91. The van der Waals surface area contributed by atoms with Gasteiger partial charge in [0.05, 0.1) is 0 Å². The second-order valence-corrected chi connectivity index (χ2v) is 4.61. The van der Waals surface area contributed by atoms with E-state index in [2.05, 4.69) is 10.3 Å². The Labute approximate surface area is 122 Å². The Morgan fingerprint density at radius 3 is 2.65 bits per heavy atom. The van der Waals surface area contributed by atoms with Crippen molar-refractivity contribution in [2.75, 3.05) is 6.54 Å². The lowest BCUT2D eigenvalue weighted by Crippen LogP contribution is -2.26. The van der Waals surface area contributed by atoms with Crippen LogP contribution in [0.15, 0.2) is 48.7 Å². The number of hydrogen-bond donors (Lipinski definition) is 1. The van der Waals surface area contributed by atoms with E-state index in [4.69, 9.17) is 16.3 Å². The van der Waals surface area contributed by atoms with Crippen molar-refractivity contribution >= 4 is 17.7 Å². The Bertz CT molecular complexity index is 544. The smallest absolute Gasteiger partial charge is 0.407 e. The topological polar surface area (TPSA) is 51.2 Å². The van der Waals surface area contributed by atoms with E-state index >= 15 is 0 Å². The molecule has 20 heavy (non-hydrogen) atoms. The quantitative estimate of drug-likeness (QED) is 0.860. The molecule has 2 aromatic rings. The van der Waals surface area contributed by atoms with Gasteiger partial charge < -0.3 is 10.1 Å². The third-order valence-electron chi connectivity index (χ3n) is 2.68. The molecule has 1 aromatic carbocycles. The molecule has 1 heterocycles. The maximum atomic E-state index is 11.5. The number of nitrogens with one attached hydrogen (secondary N) is 1. The van der Waals surface area contributed by atoms with Gasteiger partial charge in [-0.05, 0) is 23.6 Å². The molecule has 104 valence electrons. The van der Waals surface area contributed by atoms with Crippen LogP contribution in [0.1, 0.15) is 11.1 Å². The molecule has 0 aliphatic rings. The Morgan fingerprint density at radius 2 is 1.95 bits per heavy atom. The SMILES string of the molecule is O=C(NCCc1ccc(Cl)nc1)OCc1ccccc1. The Kier molecular flexibility index (Phi) is 5.38. The number of halogens is 1. The van der Waals surface area contributed by atoms with Crippen molar-refractivity contribution in [3.8, 4) is 0 Å². The molecule has 0 saturated heterocycles. The van der Waals surface area contributed by atoms with Crippen LogP contribution >= 0.6 is 11.6 Å². The van der Waals surface area contributed by atoms with Crippen molar-refractivity contribution in [3.63, 3.8) is 0 Å². The molecule has 0 aliphatic carbocycles. The number of aromatic nitrogens is 1. The van der Waals surface area contributed by atoms with Crippen LogP contribution in [0.25, 0.3) is 0 Å². The van der Waals surface area contributed by atoms with E-state index in [1.807, 2.05) is 36.4 Å². The number of hydrogen-bond acceptors (Lipinski definition) is 3. The van der Waals surface area contributed by atoms with Crippen molar-refractivity contribution in [1.29, 1.82) is 0 Å². The first-order valence-electron chi connectivity index (χ1n) is 6.29. The highest BCUT2D eigenvalue weighted by atomic mass is 35.5. The lowest BCUT2D eigenvalue weighted by molar-refractivity contribution is 0.140. The first-order chi connectivity index (χ1) is 9.74. The number of alkyl carbamates (subject to hydrolysis) is 1. The lowest BCUT2D eigenvalue weighted by Gasteiger charge is -2.07. The summed E-state index contributed by atoms with van der Waals surface area (Å²) in [6.07, 6.45) is 1.96. The summed E-state index contributed by atoms with van der Waals surface area (Å²) in [5.41, 5.74) is 1.97. The minimum absolute atomic E-state index is 0.273. The number of ether oxygens (including phenoxy) is 1. The summed E-state index contributed by atoms with van der Waals surface area (Å²) in [7, 11) is 0. The highest BCUT2D eigenvalue weighted by Crippen LogP contribution is 2.05. The molecular formula is C15H15ClN2O2. The molecule has 4 nitrogen and oxygen atoms in total. The van der Waals surface area contributed by atoms with Gasteiger partial charge in [-0.2, -0.15) is 0 Å². The monoisotopic (exact) mass is 290 g/mol. The fourth-order valence-electron chi connectivity index (χ4n) is 1.64. The van der Waals surface area contributed by atoms with E-state index in [0.29, 0.717) is 18.1 Å². The van der Waals surface area contributed by atoms with E-state index in [1.54, 1.807) is 12.3 Å². The molecule has 1 N–H and O–H groups in total. The van der Waals surface area contributed by atoms with Gasteiger partial charge in [-0.25, -0.2) is 9.78 Å². The molecule has 0 fully saturated rings. The van der Waals surface area contributed by atoms with E-state index in [1.165, 1.54) is 0 Å². The molecule has 2 rings (SSSR count). The molecule has 5 heteroatoms. The summed E-state index contributed by atoms with van der Waals surface area (Å²) < 4.78 is 5.10. The van der Waals surface area contributed by atoms with Crippen LogP contribution in [0.4, 0.5) is 4.79 Å². The van der Waals surface area contributed by atoms with Crippen molar-refractivity contribution in [3.05, 3.63) is 64.9 Å². The minimum Gasteiger partial charge on any atom is -0.445 e. The van der Waals surface area contributed by atoms with Gasteiger partial charge in [0, 0.05) is 12.7 Å². The van der Waals surface area contributed by atoms with Gasteiger partial charge in [-0.3, -0.25) is 0 Å². The molecule has 1 amide bonds. The Hall–Kier alpha value is -2.07. The number of rotatable bonds is 5. The van der Waals surface area contributed by atoms with Gasteiger partial charge in [-0.1, -0.05) is 48.0 Å². The molecule has 0 radical (unpaired) electrons. The molecule has 0 atom stereocenters. The molecule has 0 bridgehead atoms. The van der Waals surface area contributed by atoms with Crippen LogP contribution in [0.3, 0.4) is 0 Å². The van der Waals surface area contributed by atoms with Crippen LogP contribution in [0, 0.1) is 0 Å². The van der Waals surface area contributed by atoms with Crippen molar-refractivity contribution in [2.45, 2.75) is 13.0 Å². The fraction of sp³-hybridized carbons (Fsp3) is 0.200. The van der Waals surface area contributed by atoms with E-state index < -0.39 is 6.09 Å². The highest BCUT2D eigenvalue weighted by Gasteiger charge is 2.02. The zero-order valence-electron chi connectivity index (χ0n) is 10.9. The number of benzene rings is 1. The van der Waals surface area contributed by atoms with E-state index in [0.717, 1.165) is 11.1 Å². The first-order valence-corrected chi connectivity index (χ1v) is 6.67. The molecule has 1 aromatic heterocycles. The van der Waals surface area contributed by atoms with Crippen molar-refractivity contribution in [2.24, 2.45) is 0 Å². The summed E-state index contributed by atoms with van der Waals surface area (Å²) in [6, 6.07) is 13.2. The normalized spacial score (nSPS) is 10.1. The summed E-state index contributed by atoms with van der Waals surface area (Å²) in [4.78, 5) is 15.5. The van der Waals surface area contributed by atoms with Gasteiger partial charge >= 0.3 is 6.09 Å². The van der Waals surface area contributed by atoms with Crippen molar-refractivity contribution in [1.82, 2.24) is 10.3 Å². The molecule has 0 unspecified atom stereocenters. The molecule has 0 spiro atoms. The zero-order valence-corrected chi connectivity index (χ0v) is 11.6. The van der Waals surface area contributed by atoms with Crippen LogP contribution in [-0.2, 0) is 17.8 Å². The molecule has 0 aliphatic heterocycles. The number of carbonyl (C=O) groups excluding carboxylic acids is 1. The van der Waals surface area contributed by atoms with Gasteiger partial charge in [0.2, 0.25) is 0 Å². The van der Waals surface area contributed by atoms with Gasteiger partial charge in [0.25, 0.3) is 0 Å². The van der Waals surface area contributed by atoms with Crippen LogP contribution < -0.4 is 5.32 Å². The number of amides is 1. The summed E-state index contributed by atoms with van der Waals surface area (Å²) in [5.74, 6) is 0. The Balaban J connectivity index is 1.66. The second-order valence-electron chi connectivity index (χ2n) is 4.23. The Morgan fingerprint density at radius 1 is 1.15 bits per heavy atom. The predicted octanol–water partition coefficient (Wildman–Crippen LogP) is 3.20. The van der Waals surface area contributed by atoms with Crippen LogP contribution in [-0.4, -0.2) is 17.6 Å². The van der Waals surface area contributed by atoms with E-state index in [9.17, 15) is 4.79 Å². The largest absolute Gasteiger partial charge is 0.445 e. The lowest BCUT2D eigenvalue weighted by atomic mass is 10.2. The summed E-state index contributed by atoms with van der Waals surface area (Å²) in [6.45, 7) is 0.770. The second kappa shape index (κ2) is 7.50. The number of nitrogens with zero attached hydrogens (tertiary/aromatic N) is 1. The minimum atomic E-state index is -0.421. The fourth-order valence-corrected chi connectivity index (χ4v) is 1.75. The van der Waals surface area contributed by atoms with Crippen molar-refractivity contribution < 1.29 is 9.53 Å². The maximum Gasteiger partial charge on any atom is 0.407 e. The number of carbonyl (C=O) groups is 1. The molecular weight excluding hydrogens is 276 g/mol. The molecule has 0 saturated carbocycles. The summed E-state index contributed by atoms with van der Waals surface area (Å²) in [5, 5.41) is 3.16. The summed E-state index contributed by atoms with van der Waals surface area (Å²) >= 11 is 5.69. The maximum absolute atomic E-state index is 11.5. The van der Waals surface area contributed by atoms with Crippen LogP contribution in [0.5, 0.6) is 0 Å². The van der Waals surface area contributed by atoms with Gasteiger partial charge in [0.1, 0.15) is 11.8 Å². The standard InChI is InChI=1S/C15H15ClN2O2/c16-14-7-6-12(10-18-14)8-9-17-15(19)20-11-13-4-2-1-3-5-13/h1-7,10H,8-9,11H2,(H,17,19). The van der Waals surface area contributed by atoms with Gasteiger partial charge in [-0.15, -0.1) is 0 Å². The average molecular weight is 291 g/mol. The third kappa shape index (κ3) is 4.90. The van der Waals surface area contributed by atoms with E-state index in [-0.39, 0.29) is 6.61 Å². The highest BCUT2D eigenvalue weighted by molar-refractivity contribution is 6.29. The number of pyridine rings is 1. The first kappa shape index (κ1) is 14.3. The predicted molar refractivity (Wildman–Crippen MR) is 77.6 cm³/mol. The van der Waals surface area contributed by atoms with Gasteiger partial charge in [0.15, 0.2) is 0 Å². The zero-order chi connectivity index (χ0) is 14.2.